The van der Waals surface area contributed by atoms with Crippen molar-refractivity contribution in [3.05, 3.63) is 53.3 Å². The number of Topliss-reactive ketones (excluding diaryl/α,β-unsaturated/α-hetero) is 1. The molecule has 0 aromatic heterocycles. The molecule has 0 unspecified atom stereocenters. The fourth-order valence-electron chi connectivity index (χ4n) is 3.73. The Bertz CT molecular complexity index is 855. The maximum atomic E-state index is 12.7. The molecule has 23 heavy (non-hydrogen) atoms. The summed E-state index contributed by atoms with van der Waals surface area (Å²) in [6.45, 7) is 5.75. The van der Waals surface area contributed by atoms with E-state index in [4.69, 9.17) is 4.74 Å². The molecule has 2 aromatic rings. The Hall–Kier alpha value is -2.29. The van der Waals surface area contributed by atoms with Crippen LogP contribution in [0, 0.1) is 5.41 Å². The van der Waals surface area contributed by atoms with Gasteiger partial charge in [0.05, 0.1) is 0 Å². The third-order valence-corrected chi connectivity index (χ3v) is 4.90. The van der Waals surface area contributed by atoms with Crippen molar-refractivity contribution < 1.29 is 14.6 Å². The van der Waals surface area contributed by atoms with E-state index in [0.29, 0.717) is 12.0 Å². The summed E-state index contributed by atoms with van der Waals surface area (Å²) in [4.78, 5) is 12.7. The molecule has 3 heteroatoms. The molecule has 1 N–H and O–H groups in total. The van der Waals surface area contributed by atoms with Crippen molar-refractivity contribution in [1.82, 2.24) is 0 Å². The van der Waals surface area contributed by atoms with Crippen LogP contribution in [0.15, 0.2) is 47.7 Å². The van der Waals surface area contributed by atoms with Crippen LogP contribution < -0.4 is 4.74 Å². The van der Waals surface area contributed by atoms with Gasteiger partial charge in [-0.3, -0.25) is 4.79 Å². The first-order chi connectivity index (χ1) is 10.9. The highest BCUT2D eigenvalue weighted by atomic mass is 16.5. The SMILES string of the molecule is CC(C)(C)/C(O)=C1/C[C@@H]2c3c(ccc4ccccc34)O[C@@H]2C1=O. The van der Waals surface area contributed by atoms with Crippen molar-refractivity contribution in [3.8, 4) is 5.75 Å². The number of benzene rings is 2. The number of allylic oxidation sites excluding steroid dienone is 1. The standard InChI is InChI=1S/C20H20O3/c1-20(2,3)19(22)14-10-13-16-12-7-5-4-6-11(12)8-9-15(16)23-18(13)17(14)21/h4-9,13,18,22H,10H2,1-3H3/b19-14+/t13-,18+/m1/s1. The molecule has 1 aliphatic heterocycles. The summed E-state index contributed by atoms with van der Waals surface area (Å²) in [7, 11) is 0. The maximum absolute atomic E-state index is 12.7. The highest BCUT2D eigenvalue weighted by molar-refractivity contribution is 6.05. The van der Waals surface area contributed by atoms with Crippen molar-refractivity contribution >= 4 is 16.6 Å². The van der Waals surface area contributed by atoms with Crippen LogP contribution in [-0.2, 0) is 4.79 Å². The minimum atomic E-state index is -0.490. The topological polar surface area (TPSA) is 46.5 Å². The molecule has 0 bridgehead atoms. The Kier molecular flexibility index (Phi) is 2.87. The molecule has 1 fully saturated rings. The van der Waals surface area contributed by atoms with Crippen LogP contribution in [0.25, 0.3) is 10.8 Å². The molecule has 0 saturated heterocycles. The molecular formula is C20H20O3. The number of hydrogen-bond donors (Lipinski definition) is 1. The predicted molar refractivity (Wildman–Crippen MR) is 89.8 cm³/mol. The lowest BCUT2D eigenvalue weighted by atomic mass is 9.88. The van der Waals surface area contributed by atoms with E-state index >= 15 is 0 Å². The molecule has 0 radical (unpaired) electrons. The lowest BCUT2D eigenvalue weighted by Crippen LogP contribution is -2.23. The summed E-state index contributed by atoms with van der Waals surface area (Å²) in [6, 6.07) is 12.2. The highest BCUT2D eigenvalue weighted by Crippen LogP contribution is 2.51. The third-order valence-electron chi connectivity index (χ3n) is 4.90. The third kappa shape index (κ3) is 1.99. The van der Waals surface area contributed by atoms with Gasteiger partial charge in [-0.25, -0.2) is 0 Å². The van der Waals surface area contributed by atoms with Crippen molar-refractivity contribution in [2.45, 2.75) is 39.2 Å². The minimum absolute atomic E-state index is 0.00287. The molecule has 1 heterocycles. The summed E-state index contributed by atoms with van der Waals surface area (Å²) in [6.07, 6.45) is 0.0588. The van der Waals surface area contributed by atoms with Crippen LogP contribution in [0.1, 0.15) is 38.7 Å². The number of aliphatic hydroxyl groups is 1. The number of hydrogen-bond acceptors (Lipinski definition) is 3. The molecule has 118 valence electrons. The summed E-state index contributed by atoms with van der Waals surface area (Å²) >= 11 is 0. The highest BCUT2D eigenvalue weighted by Gasteiger charge is 2.49. The zero-order valence-corrected chi connectivity index (χ0v) is 13.6. The van der Waals surface area contributed by atoms with Crippen LogP contribution in [0.2, 0.25) is 0 Å². The van der Waals surface area contributed by atoms with Crippen molar-refractivity contribution in [2.75, 3.05) is 0 Å². The van der Waals surface area contributed by atoms with Gasteiger partial charge in [0.25, 0.3) is 0 Å². The van der Waals surface area contributed by atoms with E-state index in [1.807, 2.05) is 45.0 Å². The molecule has 4 rings (SSSR count). The predicted octanol–water partition coefficient (Wildman–Crippen LogP) is 4.52. The zero-order valence-electron chi connectivity index (χ0n) is 13.6. The lowest BCUT2D eigenvalue weighted by molar-refractivity contribution is -0.120. The van der Waals surface area contributed by atoms with Crippen molar-refractivity contribution in [1.29, 1.82) is 0 Å². The van der Waals surface area contributed by atoms with Gasteiger partial charge in [-0.15, -0.1) is 0 Å². The van der Waals surface area contributed by atoms with E-state index in [1.165, 1.54) is 0 Å². The molecule has 2 aromatic carbocycles. The van der Waals surface area contributed by atoms with Gasteiger partial charge in [0.15, 0.2) is 6.10 Å². The van der Waals surface area contributed by atoms with E-state index < -0.39 is 11.5 Å². The number of rotatable bonds is 0. The number of aliphatic hydroxyl groups excluding tert-OH is 1. The molecular weight excluding hydrogens is 288 g/mol. The summed E-state index contributed by atoms with van der Waals surface area (Å²) in [5.41, 5.74) is 1.22. The van der Waals surface area contributed by atoms with E-state index in [2.05, 4.69) is 12.1 Å². The van der Waals surface area contributed by atoms with Gasteiger partial charge >= 0.3 is 0 Å². The van der Waals surface area contributed by atoms with E-state index in [1.54, 1.807) is 0 Å². The fourth-order valence-corrected chi connectivity index (χ4v) is 3.73. The maximum Gasteiger partial charge on any atom is 0.203 e. The van der Waals surface area contributed by atoms with Gasteiger partial charge in [-0.1, -0.05) is 51.1 Å². The van der Waals surface area contributed by atoms with E-state index in [9.17, 15) is 9.90 Å². The quantitative estimate of drug-likeness (QED) is 0.575. The average Bonchev–Trinajstić information content (AvgIpc) is 3.03. The molecule has 1 aliphatic carbocycles. The second-order valence-corrected chi connectivity index (χ2v) is 7.49. The molecule has 1 saturated carbocycles. The number of fused-ring (bicyclic) bond motifs is 5. The number of ether oxygens (including phenoxy) is 1. The van der Waals surface area contributed by atoms with Crippen LogP contribution in [0.4, 0.5) is 0 Å². The van der Waals surface area contributed by atoms with Crippen LogP contribution in [0.5, 0.6) is 5.75 Å². The van der Waals surface area contributed by atoms with Gasteiger partial charge < -0.3 is 9.84 Å². The van der Waals surface area contributed by atoms with Gasteiger partial charge in [0.2, 0.25) is 5.78 Å². The first-order valence-corrected chi connectivity index (χ1v) is 8.03. The van der Waals surface area contributed by atoms with E-state index in [0.717, 1.165) is 22.1 Å². The van der Waals surface area contributed by atoms with Crippen LogP contribution in [0.3, 0.4) is 0 Å². The molecule has 0 spiro atoms. The van der Waals surface area contributed by atoms with Gasteiger partial charge in [-0.05, 0) is 23.3 Å². The van der Waals surface area contributed by atoms with Gasteiger partial charge in [0, 0.05) is 22.5 Å². The summed E-state index contributed by atoms with van der Waals surface area (Å²) in [5.74, 6) is 0.939. The fraction of sp³-hybridized carbons (Fsp3) is 0.350. The van der Waals surface area contributed by atoms with Gasteiger partial charge in [0.1, 0.15) is 11.5 Å². The second-order valence-electron chi connectivity index (χ2n) is 7.49. The van der Waals surface area contributed by atoms with E-state index in [-0.39, 0.29) is 17.5 Å². The zero-order chi connectivity index (χ0) is 16.4. The molecule has 0 amide bonds. The Morgan fingerprint density at radius 1 is 1.17 bits per heavy atom. The Morgan fingerprint density at radius 3 is 2.65 bits per heavy atom. The molecule has 2 aliphatic rings. The number of carbonyl (C=O) groups is 1. The lowest BCUT2D eigenvalue weighted by Gasteiger charge is -2.19. The Balaban J connectivity index is 1.86. The normalized spacial score (nSPS) is 25.3. The first kappa shape index (κ1) is 14.3. The van der Waals surface area contributed by atoms with Crippen molar-refractivity contribution in [2.24, 2.45) is 5.41 Å². The average molecular weight is 308 g/mol. The monoisotopic (exact) mass is 308 g/mol. The smallest absolute Gasteiger partial charge is 0.203 e. The molecule has 2 atom stereocenters. The van der Waals surface area contributed by atoms with Crippen LogP contribution >= 0.6 is 0 Å². The number of ketones is 1. The van der Waals surface area contributed by atoms with Crippen molar-refractivity contribution in [3.63, 3.8) is 0 Å². The molecule has 3 nitrogen and oxygen atoms in total. The van der Waals surface area contributed by atoms with Gasteiger partial charge in [-0.2, -0.15) is 0 Å². The summed E-state index contributed by atoms with van der Waals surface area (Å²) < 4.78 is 5.95. The van der Waals surface area contributed by atoms with Crippen LogP contribution in [-0.4, -0.2) is 17.0 Å². The first-order valence-electron chi connectivity index (χ1n) is 8.03. The Morgan fingerprint density at radius 2 is 1.91 bits per heavy atom. The number of carbonyl (C=O) groups excluding carboxylic acids is 1. The largest absolute Gasteiger partial charge is 0.511 e. The summed E-state index contributed by atoms with van der Waals surface area (Å²) in [5, 5.41) is 12.8. The minimum Gasteiger partial charge on any atom is -0.511 e. The second kappa shape index (κ2) is 4.60. The Labute approximate surface area is 135 Å².